The highest BCUT2D eigenvalue weighted by atomic mass is 32.2. The quantitative estimate of drug-likeness (QED) is 0.707. The van der Waals surface area contributed by atoms with Crippen molar-refractivity contribution in [1.29, 1.82) is 0 Å². The summed E-state index contributed by atoms with van der Waals surface area (Å²) < 4.78 is 28.8. The van der Waals surface area contributed by atoms with Crippen LogP contribution in [-0.2, 0) is 36.3 Å². The third-order valence-corrected chi connectivity index (χ3v) is 7.83. The number of carbonyl (C=O) groups excluding carboxylic acids is 3. The second kappa shape index (κ2) is 7.57. The van der Waals surface area contributed by atoms with Gasteiger partial charge in [-0.25, -0.2) is 13.2 Å². The summed E-state index contributed by atoms with van der Waals surface area (Å²) >= 11 is 2.52. The predicted molar refractivity (Wildman–Crippen MR) is 99.1 cm³/mol. The Morgan fingerprint density at radius 3 is 2.77 bits per heavy atom. The molecule has 3 heterocycles. The summed E-state index contributed by atoms with van der Waals surface area (Å²) in [5.74, 6) is -0.470. The maximum absolute atomic E-state index is 12.4. The standard InChI is InChI=1S/C15H18N2O6S3/c1-2-23-15(20)13-9-3-4-26(21,22)7-10(9)25-14(13)16-11(18)5-17-8-24-6-12(17)19/h2-8H2,1H3,(H,16,18). The first-order valence-electron chi connectivity index (χ1n) is 7.98. The number of fused-ring (bicyclic) bond motifs is 1. The van der Waals surface area contributed by atoms with Crippen molar-refractivity contribution in [3.63, 3.8) is 0 Å². The van der Waals surface area contributed by atoms with Gasteiger partial charge in [0.05, 0.1) is 35.3 Å². The molecule has 26 heavy (non-hydrogen) atoms. The first-order valence-corrected chi connectivity index (χ1v) is 11.8. The smallest absolute Gasteiger partial charge is 0.341 e. The average molecular weight is 419 g/mol. The van der Waals surface area contributed by atoms with E-state index in [-0.39, 0.29) is 47.5 Å². The van der Waals surface area contributed by atoms with Gasteiger partial charge in [0.15, 0.2) is 9.84 Å². The van der Waals surface area contributed by atoms with Crippen LogP contribution in [0.3, 0.4) is 0 Å². The SMILES string of the molecule is CCOC(=O)c1c(NC(=O)CN2CSCC2=O)sc2c1CCS(=O)(=O)C2. The third kappa shape index (κ3) is 4.04. The van der Waals surface area contributed by atoms with Crippen LogP contribution in [-0.4, -0.2) is 61.6 Å². The second-order valence-electron chi connectivity index (χ2n) is 5.89. The Balaban J connectivity index is 1.85. The van der Waals surface area contributed by atoms with Gasteiger partial charge in [-0.2, -0.15) is 0 Å². The zero-order valence-electron chi connectivity index (χ0n) is 14.1. The van der Waals surface area contributed by atoms with E-state index in [0.29, 0.717) is 22.1 Å². The van der Waals surface area contributed by atoms with Crippen LogP contribution in [0.1, 0.15) is 27.7 Å². The minimum Gasteiger partial charge on any atom is -0.462 e. The zero-order valence-corrected chi connectivity index (χ0v) is 16.5. The van der Waals surface area contributed by atoms with E-state index >= 15 is 0 Å². The summed E-state index contributed by atoms with van der Waals surface area (Å²) in [6, 6.07) is 0. The summed E-state index contributed by atoms with van der Waals surface area (Å²) in [5, 5.41) is 2.95. The molecular formula is C15H18N2O6S3. The van der Waals surface area contributed by atoms with Crippen LogP contribution in [0, 0.1) is 0 Å². The van der Waals surface area contributed by atoms with E-state index < -0.39 is 21.7 Å². The maximum atomic E-state index is 12.4. The van der Waals surface area contributed by atoms with Crippen LogP contribution in [0.4, 0.5) is 5.00 Å². The average Bonchev–Trinajstić information content (AvgIpc) is 3.09. The Morgan fingerprint density at radius 2 is 2.12 bits per heavy atom. The number of ether oxygens (including phenoxy) is 1. The lowest BCUT2D eigenvalue weighted by molar-refractivity contribution is -0.130. The summed E-state index contributed by atoms with van der Waals surface area (Å²) in [4.78, 5) is 38.3. The number of amides is 2. The molecule has 0 aliphatic carbocycles. The number of thiophene rings is 1. The van der Waals surface area contributed by atoms with E-state index in [1.165, 1.54) is 16.7 Å². The van der Waals surface area contributed by atoms with Gasteiger partial charge in [-0.1, -0.05) is 0 Å². The lowest BCUT2D eigenvalue weighted by atomic mass is 10.1. The predicted octanol–water partition coefficient (Wildman–Crippen LogP) is 0.867. The van der Waals surface area contributed by atoms with Gasteiger partial charge in [-0.15, -0.1) is 23.1 Å². The minimum atomic E-state index is -3.20. The Bertz CT molecular complexity index is 861. The number of hydrogen-bond donors (Lipinski definition) is 1. The van der Waals surface area contributed by atoms with E-state index in [4.69, 9.17) is 4.74 Å². The number of carbonyl (C=O) groups is 3. The van der Waals surface area contributed by atoms with Crippen molar-refractivity contribution in [2.75, 3.05) is 35.9 Å². The number of rotatable bonds is 5. The van der Waals surface area contributed by atoms with Gasteiger partial charge < -0.3 is 15.0 Å². The van der Waals surface area contributed by atoms with Gasteiger partial charge in [-0.05, 0) is 18.9 Å². The fourth-order valence-electron chi connectivity index (χ4n) is 2.81. The molecule has 0 atom stereocenters. The van der Waals surface area contributed by atoms with Crippen molar-refractivity contribution in [1.82, 2.24) is 4.90 Å². The number of anilines is 1. The monoisotopic (exact) mass is 418 g/mol. The molecule has 1 N–H and O–H groups in total. The van der Waals surface area contributed by atoms with Crippen LogP contribution in [0.25, 0.3) is 0 Å². The van der Waals surface area contributed by atoms with E-state index in [2.05, 4.69) is 5.32 Å². The molecule has 0 saturated carbocycles. The lowest BCUT2D eigenvalue weighted by Crippen LogP contribution is -2.34. The van der Waals surface area contributed by atoms with E-state index in [1.54, 1.807) is 6.92 Å². The van der Waals surface area contributed by atoms with Crippen LogP contribution in [0.15, 0.2) is 0 Å². The summed E-state index contributed by atoms with van der Waals surface area (Å²) in [6.45, 7) is 1.75. The normalized spacial score (nSPS) is 18.5. The topological polar surface area (TPSA) is 110 Å². The van der Waals surface area contributed by atoms with Crippen molar-refractivity contribution < 1.29 is 27.5 Å². The van der Waals surface area contributed by atoms with Gasteiger partial charge in [0, 0.05) is 4.88 Å². The number of esters is 1. The molecule has 1 fully saturated rings. The molecule has 0 radical (unpaired) electrons. The summed E-state index contributed by atoms with van der Waals surface area (Å²) in [5.41, 5.74) is 0.864. The van der Waals surface area contributed by atoms with Gasteiger partial charge >= 0.3 is 5.97 Å². The fraction of sp³-hybridized carbons (Fsp3) is 0.533. The molecule has 0 bridgehead atoms. The van der Waals surface area contributed by atoms with E-state index in [1.807, 2.05) is 0 Å². The van der Waals surface area contributed by atoms with Crippen LogP contribution >= 0.6 is 23.1 Å². The van der Waals surface area contributed by atoms with E-state index in [9.17, 15) is 22.8 Å². The minimum absolute atomic E-state index is 0.0317. The Morgan fingerprint density at radius 1 is 1.35 bits per heavy atom. The van der Waals surface area contributed by atoms with Gasteiger partial charge in [0.1, 0.15) is 11.5 Å². The molecular weight excluding hydrogens is 400 g/mol. The Hall–Kier alpha value is -1.59. The molecule has 2 aliphatic rings. The van der Waals surface area contributed by atoms with Crippen molar-refractivity contribution in [2.45, 2.75) is 19.1 Å². The third-order valence-electron chi connectivity index (χ3n) is 4.00. The molecule has 2 amide bonds. The van der Waals surface area contributed by atoms with Crippen LogP contribution in [0.5, 0.6) is 0 Å². The van der Waals surface area contributed by atoms with Gasteiger partial charge in [0.2, 0.25) is 11.8 Å². The van der Waals surface area contributed by atoms with Crippen molar-refractivity contribution in [2.24, 2.45) is 0 Å². The number of thioether (sulfide) groups is 1. The van der Waals surface area contributed by atoms with E-state index in [0.717, 1.165) is 11.3 Å². The molecule has 1 aromatic heterocycles. The number of hydrogen-bond acceptors (Lipinski definition) is 8. The van der Waals surface area contributed by atoms with Gasteiger partial charge in [-0.3, -0.25) is 9.59 Å². The van der Waals surface area contributed by atoms with Crippen LogP contribution in [0.2, 0.25) is 0 Å². The highest BCUT2D eigenvalue weighted by Crippen LogP contribution is 2.38. The largest absolute Gasteiger partial charge is 0.462 e. The second-order valence-corrected chi connectivity index (χ2v) is 10.1. The zero-order chi connectivity index (χ0) is 18.9. The Kier molecular flexibility index (Phi) is 5.58. The first kappa shape index (κ1) is 19.2. The fourth-order valence-corrected chi connectivity index (χ4v) is 6.77. The molecule has 1 saturated heterocycles. The molecule has 142 valence electrons. The Labute approximate surface area is 159 Å². The maximum Gasteiger partial charge on any atom is 0.341 e. The lowest BCUT2D eigenvalue weighted by Gasteiger charge is -2.15. The molecule has 0 spiro atoms. The molecule has 11 heteroatoms. The van der Waals surface area contributed by atoms with Gasteiger partial charge in [0.25, 0.3) is 0 Å². The summed E-state index contributed by atoms with van der Waals surface area (Å²) in [7, 11) is -3.20. The number of nitrogens with one attached hydrogen (secondary N) is 1. The molecule has 1 aromatic rings. The molecule has 0 unspecified atom stereocenters. The van der Waals surface area contributed by atoms with Crippen molar-refractivity contribution >= 4 is 55.7 Å². The molecule has 8 nitrogen and oxygen atoms in total. The highest BCUT2D eigenvalue weighted by molar-refractivity contribution is 8.00. The molecule has 0 aromatic carbocycles. The first-order chi connectivity index (χ1) is 12.3. The van der Waals surface area contributed by atoms with Crippen molar-refractivity contribution in [3.8, 4) is 0 Å². The van der Waals surface area contributed by atoms with Crippen molar-refractivity contribution in [3.05, 3.63) is 16.0 Å². The summed E-state index contributed by atoms with van der Waals surface area (Å²) in [6.07, 6.45) is 0.222. The number of sulfone groups is 1. The molecule has 3 rings (SSSR count). The van der Waals surface area contributed by atoms with Crippen LogP contribution < -0.4 is 5.32 Å². The highest BCUT2D eigenvalue weighted by Gasteiger charge is 2.32. The number of nitrogens with zero attached hydrogens (tertiary/aromatic N) is 1. The molecule has 2 aliphatic heterocycles.